The number of ether oxygens (including phenoxy) is 1. The number of anilines is 1. The van der Waals surface area contributed by atoms with Crippen LogP contribution in [0.25, 0.3) is 0 Å². The van der Waals surface area contributed by atoms with Crippen LogP contribution in [0.3, 0.4) is 0 Å². The van der Waals surface area contributed by atoms with Crippen molar-refractivity contribution in [3.05, 3.63) is 30.3 Å². The van der Waals surface area contributed by atoms with Gasteiger partial charge in [0, 0.05) is 45.0 Å². The molecule has 2 aliphatic heterocycles. The third-order valence-electron chi connectivity index (χ3n) is 4.61. The Morgan fingerprint density at radius 3 is 2.35 bits per heavy atom. The van der Waals surface area contributed by atoms with Gasteiger partial charge in [-0.2, -0.15) is 0 Å². The third kappa shape index (κ3) is 4.14. The van der Waals surface area contributed by atoms with Gasteiger partial charge in [0.15, 0.2) is 0 Å². The van der Waals surface area contributed by atoms with Crippen molar-refractivity contribution in [2.45, 2.75) is 13.1 Å². The highest BCUT2D eigenvalue weighted by Crippen LogP contribution is 2.15. The molecule has 2 heterocycles. The van der Waals surface area contributed by atoms with Crippen molar-refractivity contribution in [3.8, 4) is 0 Å². The van der Waals surface area contributed by atoms with Gasteiger partial charge in [0.05, 0.1) is 19.4 Å². The summed E-state index contributed by atoms with van der Waals surface area (Å²) in [6.45, 7) is 8.57. The molecular formula is C17H26N4O2. The van der Waals surface area contributed by atoms with E-state index in [9.17, 15) is 4.79 Å². The van der Waals surface area contributed by atoms with Gasteiger partial charge < -0.3 is 19.9 Å². The molecule has 2 amide bonds. The highest BCUT2D eigenvalue weighted by atomic mass is 16.5. The summed E-state index contributed by atoms with van der Waals surface area (Å²) in [5.41, 5.74) is 1.23. The van der Waals surface area contributed by atoms with Gasteiger partial charge in [-0.3, -0.25) is 4.90 Å². The number of benzene rings is 1. The second kappa shape index (κ2) is 7.66. The highest BCUT2D eigenvalue weighted by Gasteiger charge is 2.24. The second-order valence-electron chi connectivity index (χ2n) is 6.08. The molecule has 2 saturated heterocycles. The van der Waals surface area contributed by atoms with E-state index in [2.05, 4.69) is 39.4 Å². The number of amides is 2. The molecule has 0 bridgehead atoms. The van der Waals surface area contributed by atoms with Gasteiger partial charge in [0.1, 0.15) is 0 Å². The van der Waals surface area contributed by atoms with Crippen molar-refractivity contribution in [1.29, 1.82) is 0 Å². The molecule has 0 spiro atoms. The molecule has 0 saturated carbocycles. The van der Waals surface area contributed by atoms with Crippen LogP contribution in [-0.2, 0) is 4.74 Å². The summed E-state index contributed by atoms with van der Waals surface area (Å²) in [5, 5.41) is 3.11. The van der Waals surface area contributed by atoms with Crippen LogP contribution in [0.15, 0.2) is 30.3 Å². The lowest BCUT2D eigenvalue weighted by molar-refractivity contribution is 0.0144. The molecule has 0 aliphatic carbocycles. The van der Waals surface area contributed by atoms with Gasteiger partial charge in [-0.05, 0) is 19.1 Å². The first-order valence-electron chi connectivity index (χ1n) is 8.41. The largest absolute Gasteiger partial charge is 0.379 e. The van der Waals surface area contributed by atoms with Crippen molar-refractivity contribution in [2.24, 2.45) is 0 Å². The number of nitrogens with one attached hydrogen (secondary N) is 1. The Morgan fingerprint density at radius 1 is 1.04 bits per heavy atom. The fraction of sp³-hybridized carbons (Fsp3) is 0.588. The van der Waals surface area contributed by atoms with E-state index in [0.717, 1.165) is 52.5 Å². The molecule has 3 rings (SSSR count). The lowest BCUT2D eigenvalue weighted by Crippen LogP contribution is -2.57. The Morgan fingerprint density at radius 2 is 1.70 bits per heavy atom. The van der Waals surface area contributed by atoms with Crippen LogP contribution < -0.4 is 10.2 Å². The van der Waals surface area contributed by atoms with Gasteiger partial charge in [-0.15, -0.1) is 0 Å². The molecule has 2 aliphatic rings. The standard InChI is InChI=1S/C17H26N4O2/c1-15(19-11-13-23-14-12-19)18-17(22)21-9-7-20(8-10-21)16-5-3-2-4-6-16/h2-6,15H,7-14H2,1H3,(H,18,22). The van der Waals surface area contributed by atoms with E-state index >= 15 is 0 Å². The van der Waals surface area contributed by atoms with Crippen LogP contribution in [0.1, 0.15) is 6.92 Å². The summed E-state index contributed by atoms with van der Waals surface area (Å²) in [6.07, 6.45) is 0.0542. The quantitative estimate of drug-likeness (QED) is 0.910. The number of urea groups is 1. The van der Waals surface area contributed by atoms with Gasteiger partial charge in [-0.25, -0.2) is 4.79 Å². The highest BCUT2D eigenvalue weighted by molar-refractivity contribution is 5.74. The van der Waals surface area contributed by atoms with Crippen LogP contribution >= 0.6 is 0 Å². The van der Waals surface area contributed by atoms with Crippen LogP contribution in [0.5, 0.6) is 0 Å². The Bertz CT molecular complexity index is 497. The molecule has 0 radical (unpaired) electrons. The molecule has 1 aromatic rings. The van der Waals surface area contributed by atoms with E-state index in [4.69, 9.17) is 4.74 Å². The van der Waals surface area contributed by atoms with E-state index in [0.29, 0.717) is 0 Å². The molecule has 1 atom stereocenters. The van der Waals surface area contributed by atoms with Crippen LogP contribution in [0.2, 0.25) is 0 Å². The maximum atomic E-state index is 12.4. The van der Waals surface area contributed by atoms with Crippen LogP contribution in [0, 0.1) is 0 Å². The molecule has 2 fully saturated rings. The normalized spacial score (nSPS) is 21.1. The Balaban J connectivity index is 1.46. The SMILES string of the molecule is CC(NC(=O)N1CCN(c2ccccc2)CC1)N1CCOCC1. The first kappa shape index (κ1) is 16.1. The van der Waals surface area contributed by atoms with Crippen LogP contribution in [0.4, 0.5) is 10.5 Å². The molecule has 1 N–H and O–H groups in total. The van der Waals surface area contributed by atoms with E-state index in [-0.39, 0.29) is 12.2 Å². The van der Waals surface area contributed by atoms with Crippen molar-refractivity contribution in [2.75, 3.05) is 57.4 Å². The lowest BCUT2D eigenvalue weighted by Gasteiger charge is -2.38. The molecule has 6 nitrogen and oxygen atoms in total. The summed E-state index contributed by atoms with van der Waals surface area (Å²) in [7, 11) is 0. The summed E-state index contributed by atoms with van der Waals surface area (Å²) >= 11 is 0. The Hall–Kier alpha value is -1.79. The number of piperazine rings is 1. The molecular weight excluding hydrogens is 292 g/mol. The number of hydrogen-bond acceptors (Lipinski definition) is 4. The van der Waals surface area contributed by atoms with Gasteiger partial charge in [-0.1, -0.05) is 18.2 Å². The zero-order valence-electron chi connectivity index (χ0n) is 13.8. The fourth-order valence-corrected chi connectivity index (χ4v) is 3.13. The van der Waals surface area contributed by atoms with E-state index in [1.165, 1.54) is 5.69 Å². The van der Waals surface area contributed by atoms with Crippen molar-refractivity contribution in [3.63, 3.8) is 0 Å². The summed E-state index contributed by atoms with van der Waals surface area (Å²) in [4.78, 5) is 18.9. The van der Waals surface area contributed by atoms with E-state index in [1.54, 1.807) is 0 Å². The number of hydrogen-bond donors (Lipinski definition) is 1. The van der Waals surface area contributed by atoms with Gasteiger partial charge in [0.25, 0.3) is 0 Å². The van der Waals surface area contributed by atoms with Gasteiger partial charge >= 0.3 is 6.03 Å². The maximum Gasteiger partial charge on any atom is 0.318 e. The zero-order valence-corrected chi connectivity index (χ0v) is 13.8. The van der Waals surface area contributed by atoms with Crippen molar-refractivity contribution >= 4 is 11.7 Å². The molecule has 1 unspecified atom stereocenters. The minimum Gasteiger partial charge on any atom is -0.379 e. The summed E-state index contributed by atoms with van der Waals surface area (Å²) in [6, 6.07) is 10.4. The summed E-state index contributed by atoms with van der Waals surface area (Å²) in [5.74, 6) is 0. The van der Waals surface area contributed by atoms with E-state index in [1.807, 2.05) is 17.9 Å². The maximum absolute atomic E-state index is 12.4. The monoisotopic (exact) mass is 318 g/mol. The molecule has 126 valence electrons. The van der Waals surface area contributed by atoms with Crippen molar-refractivity contribution < 1.29 is 9.53 Å². The minimum absolute atomic E-state index is 0.0386. The molecule has 0 aromatic heterocycles. The number of rotatable bonds is 3. The van der Waals surface area contributed by atoms with Crippen LogP contribution in [-0.4, -0.2) is 74.5 Å². The number of morpholine rings is 1. The zero-order chi connectivity index (χ0) is 16.1. The number of nitrogens with zero attached hydrogens (tertiary/aromatic N) is 3. The number of carbonyl (C=O) groups is 1. The van der Waals surface area contributed by atoms with Gasteiger partial charge in [0.2, 0.25) is 0 Å². The fourth-order valence-electron chi connectivity index (χ4n) is 3.13. The average Bonchev–Trinajstić information content (AvgIpc) is 2.63. The smallest absolute Gasteiger partial charge is 0.318 e. The number of para-hydroxylation sites is 1. The average molecular weight is 318 g/mol. The molecule has 6 heteroatoms. The Kier molecular flexibility index (Phi) is 5.35. The second-order valence-corrected chi connectivity index (χ2v) is 6.08. The Labute approximate surface area is 138 Å². The third-order valence-corrected chi connectivity index (χ3v) is 4.61. The topological polar surface area (TPSA) is 48.1 Å². The molecule has 23 heavy (non-hydrogen) atoms. The number of carbonyl (C=O) groups excluding carboxylic acids is 1. The predicted molar refractivity (Wildman–Crippen MR) is 90.6 cm³/mol. The van der Waals surface area contributed by atoms with E-state index < -0.39 is 0 Å². The lowest BCUT2D eigenvalue weighted by atomic mass is 10.2. The first-order chi connectivity index (χ1) is 11.2. The summed E-state index contributed by atoms with van der Waals surface area (Å²) < 4.78 is 5.35. The molecule has 1 aromatic carbocycles. The first-order valence-corrected chi connectivity index (χ1v) is 8.41. The predicted octanol–water partition coefficient (Wildman–Crippen LogP) is 1.20. The minimum atomic E-state index is 0.0386. The van der Waals surface area contributed by atoms with Crippen molar-refractivity contribution in [1.82, 2.24) is 15.1 Å².